The second kappa shape index (κ2) is 17.0. The molecule has 0 fully saturated rings. The number of anilines is 1. The van der Waals surface area contributed by atoms with Gasteiger partial charge in [-0.25, -0.2) is 4.79 Å². The highest BCUT2D eigenvalue weighted by molar-refractivity contribution is 8.00. The molecule has 12 heteroatoms. The number of likely N-dealkylation sites (N-methyl/N-ethyl adjacent to an activating group) is 2. The molecule has 2 N–H and O–H groups in total. The van der Waals surface area contributed by atoms with Crippen molar-refractivity contribution < 1.29 is 43.5 Å². The first-order valence-corrected chi connectivity index (χ1v) is 16.6. The number of ether oxygens (including phenoxy) is 5. The molecule has 49 heavy (non-hydrogen) atoms. The second-order valence-electron chi connectivity index (χ2n) is 11.3. The average Bonchev–Trinajstić information content (AvgIpc) is 3.60. The molecule has 11 nitrogen and oxygen atoms in total. The van der Waals surface area contributed by atoms with Gasteiger partial charge in [-0.2, -0.15) is 0 Å². The van der Waals surface area contributed by atoms with E-state index in [1.165, 1.54) is 0 Å². The van der Waals surface area contributed by atoms with Crippen molar-refractivity contribution in [3.8, 4) is 28.7 Å². The summed E-state index contributed by atoms with van der Waals surface area (Å²) < 4.78 is 28.3. The van der Waals surface area contributed by atoms with E-state index in [4.69, 9.17) is 33.9 Å². The molecule has 2 heterocycles. The third-order valence-corrected chi connectivity index (χ3v) is 9.19. The Labute approximate surface area is 289 Å². The summed E-state index contributed by atoms with van der Waals surface area (Å²) in [6.07, 6.45) is -0.572. The van der Waals surface area contributed by atoms with E-state index < -0.39 is 17.3 Å². The molecule has 0 saturated heterocycles. The zero-order valence-electron chi connectivity index (χ0n) is 27.6. The van der Waals surface area contributed by atoms with Crippen LogP contribution in [-0.2, 0) is 9.59 Å². The molecule has 4 aromatic carbocycles. The van der Waals surface area contributed by atoms with E-state index in [0.717, 1.165) is 52.9 Å². The number of rotatable bonds is 13. The molecule has 6 rings (SSSR count). The maximum atomic E-state index is 13.3. The van der Waals surface area contributed by atoms with E-state index in [-0.39, 0.29) is 12.7 Å². The smallest absolute Gasteiger partial charge is 0.337 e. The molecule has 0 aliphatic carbocycles. The van der Waals surface area contributed by atoms with Gasteiger partial charge in [0.1, 0.15) is 29.1 Å². The fourth-order valence-electron chi connectivity index (χ4n) is 5.18. The van der Waals surface area contributed by atoms with Gasteiger partial charge < -0.3 is 43.7 Å². The van der Waals surface area contributed by atoms with Gasteiger partial charge in [0, 0.05) is 36.7 Å². The summed E-state index contributed by atoms with van der Waals surface area (Å²) in [5.41, 5.74) is 2.15. The van der Waals surface area contributed by atoms with E-state index in [9.17, 15) is 9.59 Å². The molecule has 258 valence electrons. The SMILES string of the molecule is COc1ccc(OCCCN(C)CCOc2ccc3c(c2)OCO3)c(C2Sc3ccccc3N(C)C2=O)c1.O=C(O)C(O)c1ccccc1. The van der Waals surface area contributed by atoms with E-state index in [1.54, 1.807) is 54.1 Å². The molecule has 0 aromatic heterocycles. The predicted octanol–water partition coefficient (Wildman–Crippen LogP) is 5.82. The lowest BCUT2D eigenvalue weighted by atomic mass is 10.1. The first kappa shape index (κ1) is 35.4. The number of amides is 1. The Morgan fingerprint density at radius 1 is 0.939 bits per heavy atom. The molecule has 4 aromatic rings. The van der Waals surface area contributed by atoms with Crippen LogP contribution in [0.3, 0.4) is 0 Å². The van der Waals surface area contributed by atoms with Crippen LogP contribution < -0.4 is 28.6 Å². The number of aliphatic hydroxyl groups excluding tert-OH is 1. The number of hydrogen-bond donors (Lipinski definition) is 2. The molecule has 2 aliphatic rings. The van der Waals surface area contributed by atoms with Crippen molar-refractivity contribution in [2.24, 2.45) is 0 Å². The maximum absolute atomic E-state index is 13.3. The van der Waals surface area contributed by atoms with Crippen molar-refractivity contribution >= 4 is 29.3 Å². The van der Waals surface area contributed by atoms with Crippen molar-refractivity contribution in [1.82, 2.24) is 4.90 Å². The zero-order chi connectivity index (χ0) is 34.8. The normalized spacial score (nSPS) is 15.2. The molecule has 2 unspecified atom stereocenters. The molecule has 0 radical (unpaired) electrons. The van der Waals surface area contributed by atoms with E-state index in [0.29, 0.717) is 30.3 Å². The van der Waals surface area contributed by atoms with Crippen molar-refractivity contribution in [3.05, 3.63) is 102 Å². The Kier molecular flexibility index (Phi) is 12.3. The summed E-state index contributed by atoms with van der Waals surface area (Å²) in [4.78, 5) is 28.5. The van der Waals surface area contributed by atoms with Gasteiger partial charge in [0.05, 0.1) is 19.4 Å². The number of para-hydroxylation sites is 1. The van der Waals surface area contributed by atoms with Crippen LogP contribution in [0.4, 0.5) is 5.69 Å². The minimum atomic E-state index is -1.41. The third kappa shape index (κ3) is 9.17. The molecule has 0 bridgehead atoms. The summed E-state index contributed by atoms with van der Waals surface area (Å²) in [6.45, 7) is 2.98. The van der Waals surface area contributed by atoms with Gasteiger partial charge in [0.2, 0.25) is 12.7 Å². The highest BCUT2D eigenvalue weighted by Gasteiger charge is 2.34. The number of carboxylic acids is 1. The fourth-order valence-corrected chi connectivity index (χ4v) is 6.49. The fraction of sp³-hybridized carbons (Fsp3) is 0.297. The van der Waals surface area contributed by atoms with E-state index >= 15 is 0 Å². The number of benzene rings is 4. The second-order valence-corrected chi connectivity index (χ2v) is 12.4. The van der Waals surface area contributed by atoms with Crippen LogP contribution in [0.1, 0.15) is 28.9 Å². The summed E-state index contributed by atoms with van der Waals surface area (Å²) in [5, 5.41) is 17.0. The number of aliphatic hydroxyl groups is 1. The lowest BCUT2D eigenvalue weighted by molar-refractivity contribution is -0.147. The van der Waals surface area contributed by atoms with Crippen LogP contribution in [0.2, 0.25) is 0 Å². The molecule has 2 atom stereocenters. The van der Waals surface area contributed by atoms with Crippen LogP contribution >= 0.6 is 11.8 Å². The molecule has 2 aliphatic heterocycles. The van der Waals surface area contributed by atoms with Gasteiger partial charge in [0.25, 0.3) is 0 Å². The predicted molar refractivity (Wildman–Crippen MR) is 186 cm³/mol. The Balaban J connectivity index is 0.000000363. The van der Waals surface area contributed by atoms with Crippen molar-refractivity contribution in [1.29, 1.82) is 0 Å². The average molecular weight is 689 g/mol. The first-order valence-electron chi connectivity index (χ1n) is 15.8. The summed E-state index contributed by atoms with van der Waals surface area (Å²) >= 11 is 1.55. The van der Waals surface area contributed by atoms with Gasteiger partial charge >= 0.3 is 5.97 Å². The quantitative estimate of drug-likeness (QED) is 0.165. The van der Waals surface area contributed by atoms with Crippen molar-refractivity contribution in [3.63, 3.8) is 0 Å². The Hall–Kier alpha value is -4.91. The van der Waals surface area contributed by atoms with Gasteiger partial charge in [-0.15, -0.1) is 11.8 Å². The number of methoxy groups -OCH3 is 1. The largest absolute Gasteiger partial charge is 0.497 e. The number of carbonyl (C=O) groups excluding carboxylic acids is 1. The van der Waals surface area contributed by atoms with Crippen LogP contribution in [0.15, 0.2) is 95.9 Å². The molecular formula is C37H40N2O9S. The number of carboxylic acid groups (broad SMARTS) is 1. The van der Waals surface area contributed by atoms with Crippen molar-refractivity contribution in [2.75, 3.05) is 59.2 Å². The number of carbonyl (C=O) groups is 2. The highest BCUT2D eigenvalue weighted by Crippen LogP contribution is 2.48. The lowest BCUT2D eigenvalue weighted by Crippen LogP contribution is -2.33. The van der Waals surface area contributed by atoms with Crippen molar-refractivity contribution in [2.45, 2.75) is 22.7 Å². The van der Waals surface area contributed by atoms with Crippen LogP contribution in [0, 0.1) is 0 Å². The molecule has 1 amide bonds. The van der Waals surface area contributed by atoms with Gasteiger partial charge in [-0.3, -0.25) is 4.79 Å². The van der Waals surface area contributed by atoms with Crippen LogP contribution in [-0.4, -0.2) is 81.3 Å². The van der Waals surface area contributed by atoms with E-state index in [2.05, 4.69) is 11.9 Å². The zero-order valence-corrected chi connectivity index (χ0v) is 28.4. The Morgan fingerprint density at radius 2 is 1.67 bits per heavy atom. The monoisotopic (exact) mass is 688 g/mol. The summed E-state index contributed by atoms with van der Waals surface area (Å²) in [7, 11) is 5.51. The first-order chi connectivity index (χ1) is 23.7. The highest BCUT2D eigenvalue weighted by atomic mass is 32.2. The standard InChI is InChI=1S/C29H32N2O6S.C8H8O3/c1-30(14-16-34-21-10-12-25-26(18-21)37-19-36-25)13-6-15-35-24-11-9-20(33-3)17-22(24)28-29(32)31(2)23-7-4-5-8-27(23)38-28;9-7(8(10)11)6-4-2-1-3-5-6/h4-5,7-12,17-18,28H,6,13-16,19H2,1-3H3;1-5,7,9H,(H,10,11). The van der Waals surface area contributed by atoms with Gasteiger partial charge in [0.15, 0.2) is 17.6 Å². The van der Waals surface area contributed by atoms with Gasteiger partial charge in [-0.05, 0) is 61.5 Å². The number of aliphatic carboxylic acids is 1. The maximum Gasteiger partial charge on any atom is 0.337 e. The summed E-state index contributed by atoms with van der Waals surface area (Å²) in [5.74, 6) is 2.43. The Bertz CT molecular complexity index is 1720. The van der Waals surface area contributed by atoms with Crippen LogP contribution in [0.5, 0.6) is 28.7 Å². The number of thioether (sulfide) groups is 1. The molecular weight excluding hydrogens is 648 g/mol. The molecule has 0 spiro atoms. The number of hydrogen-bond acceptors (Lipinski definition) is 10. The van der Waals surface area contributed by atoms with Gasteiger partial charge in [-0.1, -0.05) is 42.5 Å². The van der Waals surface area contributed by atoms with E-state index in [1.807, 2.05) is 67.7 Å². The summed E-state index contributed by atoms with van der Waals surface area (Å²) in [6, 6.07) is 27.5. The topological polar surface area (TPSA) is 127 Å². The number of fused-ring (bicyclic) bond motifs is 2. The number of nitrogens with zero attached hydrogens (tertiary/aromatic N) is 2. The minimum absolute atomic E-state index is 0.0222. The Morgan fingerprint density at radius 3 is 2.45 bits per heavy atom. The molecule has 0 saturated carbocycles. The lowest BCUT2D eigenvalue weighted by Gasteiger charge is -2.32. The minimum Gasteiger partial charge on any atom is -0.497 e. The van der Waals surface area contributed by atoms with Crippen LogP contribution in [0.25, 0.3) is 0 Å². The third-order valence-electron chi connectivity index (χ3n) is 7.90.